The van der Waals surface area contributed by atoms with Crippen molar-refractivity contribution >= 4 is 11.9 Å². The van der Waals surface area contributed by atoms with Crippen LogP contribution in [0.2, 0.25) is 0 Å². The summed E-state index contributed by atoms with van der Waals surface area (Å²) in [6.07, 6.45) is 0.143. The van der Waals surface area contributed by atoms with Crippen molar-refractivity contribution in [2.24, 2.45) is 5.92 Å². The van der Waals surface area contributed by atoms with Gasteiger partial charge in [-0.25, -0.2) is 0 Å². The highest BCUT2D eigenvalue weighted by Gasteiger charge is 2.42. The van der Waals surface area contributed by atoms with Crippen LogP contribution in [0.3, 0.4) is 0 Å². The number of hydrogen-bond donors (Lipinski definition) is 1. The lowest BCUT2D eigenvalue weighted by Gasteiger charge is -2.23. The number of amides is 1. The molecular weight excluding hydrogens is 258 g/mol. The second-order valence-corrected chi connectivity index (χ2v) is 5.33. The Balaban J connectivity index is 2.24. The highest BCUT2D eigenvalue weighted by Crippen LogP contribution is 2.37. The number of hydrogen-bond acceptors (Lipinski definition) is 3. The van der Waals surface area contributed by atoms with E-state index in [0.717, 1.165) is 11.3 Å². The first-order valence-electron chi connectivity index (χ1n) is 6.65. The number of ether oxygens (including phenoxy) is 1. The lowest BCUT2D eigenvalue weighted by molar-refractivity contribution is -0.142. The summed E-state index contributed by atoms with van der Waals surface area (Å²) < 4.78 is 5.56. The van der Waals surface area contributed by atoms with Gasteiger partial charge in [0.25, 0.3) is 0 Å². The molecule has 1 N–H and O–H groups in total. The van der Waals surface area contributed by atoms with Crippen LogP contribution in [-0.2, 0) is 9.59 Å². The number of carboxylic acids is 1. The predicted octanol–water partition coefficient (Wildman–Crippen LogP) is 2.08. The van der Waals surface area contributed by atoms with E-state index < -0.39 is 17.9 Å². The second kappa shape index (κ2) is 5.53. The molecule has 5 nitrogen and oxygen atoms in total. The van der Waals surface area contributed by atoms with Gasteiger partial charge in [0, 0.05) is 13.5 Å². The van der Waals surface area contributed by atoms with Crippen LogP contribution in [-0.4, -0.2) is 35.0 Å². The van der Waals surface area contributed by atoms with E-state index in [-0.39, 0.29) is 18.4 Å². The van der Waals surface area contributed by atoms with Crippen molar-refractivity contribution in [1.82, 2.24) is 4.90 Å². The molecule has 0 aliphatic carbocycles. The molecule has 0 radical (unpaired) electrons. The molecule has 0 spiro atoms. The van der Waals surface area contributed by atoms with E-state index >= 15 is 0 Å². The Hall–Kier alpha value is -2.04. The first-order chi connectivity index (χ1) is 9.40. The molecule has 1 aliphatic heterocycles. The van der Waals surface area contributed by atoms with Crippen LogP contribution in [0.1, 0.15) is 31.9 Å². The van der Waals surface area contributed by atoms with Gasteiger partial charge in [0.2, 0.25) is 5.91 Å². The number of carbonyl (C=O) groups is 2. The Morgan fingerprint density at radius 3 is 2.45 bits per heavy atom. The number of rotatable bonds is 4. The Labute approximate surface area is 118 Å². The topological polar surface area (TPSA) is 66.8 Å². The monoisotopic (exact) mass is 277 g/mol. The highest BCUT2D eigenvalue weighted by atomic mass is 16.5. The maximum Gasteiger partial charge on any atom is 0.309 e. The zero-order valence-corrected chi connectivity index (χ0v) is 11.9. The molecule has 1 aromatic rings. The summed E-state index contributed by atoms with van der Waals surface area (Å²) in [5.41, 5.74) is 0.821. The van der Waals surface area contributed by atoms with Crippen molar-refractivity contribution < 1.29 is 19.4 Å². The minimum atomic E-state index is -0.935. The van der Waals surface area contributed by atoms with Crippen LogP contribution in [0, 0.1) is 5.92 Å². The number of carboxylic acid groups (broad SMARTS) is 1. The molecule has 5 heteroatoms. The Morgan fingerprint density at radius 2 is 1.95 bits per heavy atom. The Morgan fingerprint density at radius 1 is 1.35 bits per heavy atom. The number of nitrogens with zero attached hydrogens (tertiary/aromatic N) is 1. The molecule has 1 saturated heterocycles. The molecule has 2 unspecified atom stereocenters. The van der Waals surface area contributed by atoms with E-state index in [1.165, 1.54) is 4.90 Å². The highest BCUT2D eigenvalue weighted by molar-refractivity contribution is 5.87. The van der Waals surface area contributed by atoms with Crippen LogP contribution >= 0.6 is 0 Å². The first-order valence-corrected chi connectivity index (χ1v) is 6.65. The fourth-order valence-corrected chi connectivity index (χ4v) is 2.56. The van der Waals surface area contributed by atoms with Crippen molar-refractivity contribution in [1.29, 1.82) is 0 Å². The summed E-state index contributed by atoms with van der Waals surface area (Å²) in [7, 11) is 1.65. The van der Waals surface area contributed by atoms with Gasteiger partial charge in [-0.1, -0.05) is 12.1 Å². The molecule has 2 atom stereocenters. The van der Waals surface area contributed by atoms with Crippen LogP contribution in [0.15, 0.2) is 24.3 Å². The molecular formula is C15H19NO4. The smallest absolute Gasteiger partial charge is 0.309 e. The van der Waals surface area contributed by atoms with E-state index in [4.69, 9.17) is 4.74 Å². The zero-order valence-electron chi connectivity index (χ0n) is 11.9. The Kier molecular flexibility index (Phi) is 3.97. The molecule has 1 aliphatic rings. The quantitative estimate of drug-likeness (QED) is 0.915. The third kappa shape index (κ3) is 2.76. The zero-order chi connectivity index (χ0) is 14.9. The van der Waals surface area contributed by atoms with Crippen molar-refractivity contribution in [3.05, 3.63) is 29.8 Å². The second-order valence-electron chi connectivity index (χ2n) is 5.33. The van der Waals surface area contributed by atoms with E-state index in [1.807, 2.05) is 38.1 Å². The largest absolute Gasteiger partial charge is 0.491 e. The van der Waals surface area contributed by atoms with E-state index in [1.54, 1.807) is 7.05 Å². The van der Waals surface area contributed by atoms with E-state index in [9.17, 15) is 14.7 Å². The average Bonchev–Trinajstić information content (AvgIpc) is 2.67. The summed E-state index contributed by atoms with van der Waals surface area (Å²) >= 11 is 0. The normalized spacial score (nSPS) is 22.4. The van der Waals surface area contributed by atoms with Crippen LogP contribution in [0.5, 0.6) is 5.75 Å². The minimum absolute atomic E-state index is 0.0563. The molecule has 1 aromatic carbocycles. The van der Waals surface area contributed by atoms with Crippen molar-refractivity contribution in [3.8, 4) is 5.75 Å². The molecule has 2 rings (SSSR count). The molecule has 108 valence electrons. The first kappa shape index (κ1) is 14.4. The third-order valence-corrected chi connectivity index (χ3v) is 3.50. The van der Waals surface area contributed by atoms with Crippen LogP contribution in [0.25, 0.3) is 0 Å². The fourth-order valence-electron chi connectivity index (χ4n) is 2.56. The molecule has 0 bridgehead atoms. The lowest BCUT2D eigenvalue weighted by Crippen LogP contribution is -2.26. The van der Waals surface area contributed by atoms with Gasteiger partial charge in [-0.3, -0.25) is 9.59 Å². The number of benzene rings is 1. The average molecular weight is 277 g/mol. The lowest BCUT2D eigenvalue weighted by atomic mass is 9.94. The third-order valence-electron chi connectivity index (χ3n) is 3.50. The number of likely N-dealkylation sites (tertiary alicyclic amines) is 1. The van der Waals surface area contributed by atoms with Gasteiger partial charge in [-0.05, 0) is 31.5 Å². The van der Waals surface area contributed by atoms with Gasteiger partial charge in [-0.15, -0.1) is 0 Å². The fraction of sp³-hybridized carbons (Fsp3) is 0.467. The van der Waals surface area contributed by atoms with Gasteiger partial charge in [-0.2, -0.15) is 0 Å². The molecule has 1 heterocycles. The van der Waals surface area contributed by atoms with Crippen molar-refractivity contribution in [2.75, 3.05) is 7.05 Å². The molecule has 20 heavy (non-hydrogen) atoms. The molecule has 0 aromatic heterocycles. The van der Waals surface area contributed by atoms with Gasteiger partial charge >= 0.3 is 5.97 Å². The minimum Gasteiger partial charge on any atom is -0.491 e. The van der Waals surface area contributed by atoms with Crippen molar-refractivity contribution in [3.63, 3.8) is 0 Å². The van der Waals surface area contributed by atoms with E-state index in [0.29, 0.717) is 0 Å². The van der Waals surface area contributed by atoms with Crippen LogP contribution < -0.4 is 4.74 Å². The Bertz CT molecular complexity index is 509. The standard InChI is InChI=1S/C15H19NO4/c1-9(2)20-11-6-4-10(5-7-11)14-12(15(18)19)8-13(17)16(14)3/h4-7,9,12,14H,8H2,1-3H3,(H,18,19). The predicted molar refractivity (Wildman–Crippen MR) is 73.5 cm³/mol. The number of carbonyl (C=O) groups excluding carboxylic acids is 1. The van der Waals surface area contributed by atoms with Gasteiger partial charge < -0.3 is 14.7 Å². The number of aliphatic carboxylic acids is 1. The maximum atomic E-state index is 11.7. The van der Waals surface area contributed by atoms with Gasteiger partial charge in [0.05, 0.1) is 18.1 Å². The van der Waals surface area contributed by atoms with Crippen molar-refractivity contribution in [2.45, 2.75) is 32.4 Å². The van der Waals surface area contributed by atoms with Gasteiger partial charge in [0.15, 0.2) is 0 Å². The van der Waals surface area contributed by atoms with Crippen LogP contribution in [0.4, 0.5) is 0 Å². The van der Waals surface area contributed by atoms with Gasteiger partial charge in [0.1, 0.15) is 5.75 Å². The SMILES string of the molecule is CC(C)Oc1ccc(C2C(C(=O)O)CC(=O)N2C)cc1. The van der Waals surface area contributed by atoms with E-state index in [2.05, 4.69) is 0 Å². The summed E-state index contributed by atoms with van der Waals surface area (Å²) in [4.78, 5) is 24.5. The summed E-state index contributed by atoms with van der Waals surface area (Å²) in [6.45, 7) is 3.88. The molecule has 0 saturated carbocycles. The molecule has 1 amide bonds. The summed E-state index contributed by atoms with van der Waals surface area (Å²) in [6, 6.07) is 6.87. The summed E-state index contributed by atoms with van der Waals surface area (Å²) in [5, 5.41) is 9.25. The maximum absolute atomic E-state index is 11.7. The summed E-state index contributed by atoms with van der Waals surface area (Å²) in [5.74, 6) is -1.02. The molecule has 1 fully saturated rings.